The van der Waals surface area contributed by atoms with Crippen molar-refractivity contribution in [1.82, 2.24) is 10.3 Å². The third kappa shape index (κ3) is 2.97. The van der Waals surface area contributed by atoms with Gasteiger partial charge in [-0.25, -0.2) is 5.84 Å². The van der Waals surface area contributed by atoms with Crippen LogP contribution in [0.15, 0.2) is 24.3 Å². The minimum absolute atomic E-state index is 0.241. The van der Waals surface area contributed by atoms with Crippen LogP contribution in [0, 0.1) is 5.41 Å². The normalized spacial score (nSPS) is 22.7. The summed E-state index contributed by atoms with van der Waals surface area (Å²) < 4.78 is 0. The summed E-state index contributed by atoms with van der Waals surface area (Å²) in [5, 5.41) is 0. The lowest BCUT2D eigenvalue weighted by Gasteiger charge is -2.21. The predicted molar refractivity (Wildman–Crippen MR) is 75.3 cm³/mol. The first-order valence-electron chi connectivity index (χ1n) is 6.57. The molecule has 5 N–H and O–H groups in total. The molecule has 0 radical (unpaired) electrons. The van der Waals surface area contributed by atoms with E-state index in [9.17, 15) is 9.59 Å². The molecule has 1 heterocycles. The highest BCUT2D eigenvalue weighted by molar-refractivity contribution is 5.93. The number of carbonyl (C=O) groups excluding carboxylic acids is 2. The van der Waals surface area contributed by atoms with E-state index < -0.39 is 5.41 Å². The highest BCUT2D eigenvalue weighted by Gasteiger charge is 2.38. The Morgan fingerprint density at radius 3 is 2.50 bits per heavy atom. The fourth-order valence-electron chi connectivity index (χ4n) is 2.50. The number of primary amides is 1. The Kier molecular flexibility index (Phi) is 4.06. The van der Waals surface area contributed by atoms with Gasteiger partial charge in [0.15, 0.2) is 0 Å². The van der Waals surface area contributed by atoms with E-state index in [0.717, 1.165) is 25.1 Å². The van der Waals surface area contributed by atoms with Crippen LogP contribution in [0.5, 0.6) is 0 Å². The maximum atomic E-state index is 11.4. The standard InChI is InChI=1S/C14H20N4O2/c1-14(13(15)20)6-7-18(9-14)8-10-2-4-11(5-3-10)12(19)17-16/h2-5H,6-9,16H2,1H3,(H2,15,20)(H,17,19). The molecule has 1 fully saturated rings. The highest BCUT2D eigenvalue weighted by Crippen LogP contribution is 2.30. The number of amides is 2. The van der Waals surface area contributed by atoms with Crippen molar-refractivity contribution < 1.29 is 9.59 Å². The first-order chi connectivity index (χ1) is 9.44. The lowest BCUT2D eigenvalue weighted by atomic mass is 9.89. The molecule has 1 aliphatic heterocycles. The molecule has 2 amide bonds. The number of hydrazine groups is 1. The van der Waals surface area contributed by atoms with E-state index >= 15 is 0 Å². The maximum absolute atomic E-state index is 11.4. The van der Waals surface area contributed by atoms with Gasteiger partial charge in [0.2, 0.25) is 5.91 Å². The van der Waals surface area contributed by atoms with Gasteiger partial charge in [-0.1, -0.05) is 12.1 Å². The maximum Gasteiger partial charge on any atom is 0.265 e. The summed E-state index contributed by atoms with van der Waals surface area (Å²) in [5.41, 5.74) is 8.72. The number of nitrogens with two attached hydrogens (primary N) is 2. The molecule has 0 bridgehead atoms. The van der Waals surface area contributed by atoms with Crippen LogP contribution in [-0.4, -0.2) is 29.8 Å². The van der Waals surface area contributed by atoms with Crippen LogP contribution in [0.4, 0.5) is 0 Å². The molecular formula is C14H20N4O2. The van der Waals surface area contributed by atoms with Crippen molar-refractivity contribution in [2.75, 3.05) is 13.1 Å². The van der Waals surface area contributed by atoms with Crippen molar-refractivity contribution >= 4 is 11.8 Å². The number of nitrogens with one attached hydrogen (secondary N) is 1. The summed E-state index contributed by atoms with van der Waals surface area (Å²) in [4.78, 5) is 24.9. The summed E-state index contributed by atoms with van der Waals surface area (Å²) in [6.45, 7) is 4.18. The highest BCUT2D eigenvalue weighted by atomic mass is 16.2. The molecule has 0 spiro atoms. The molecule has 1 unspecified atom stereocenters. The quantitative estimate of drug-likeness (QED) is 0.409. The molecule has 1 aromatic rings. The molecule has 6 nitrogen and oxygen atoms in total. The van der Waals surface area contributed by atoms with E-state index in [2.05, 4.69) is 10.3 Å². The molecule has 1 aromatic carbocycles. The monoisotopic (exact) mass is 276 g/mol. The van der Waals surface area contributed by atoms with Crippen molar-refractivity contribution in [3.05, 3.63) is 35.4 Å². The van der Waals surface area contributed by atoms with Gasteiger partial charge in [-0.3, -0.25) is 19.9 Å². The van der Waals surface area contributed by atoms with E-state index in [1.165, 1.54) is 0 Å². The van der Waals surface area contributed by atoms with Crippen LogP contribution < -0.4 is 17.0 Å². The SMILES string of the molecule is CC1(C(N)=O)CCN(Cc2ccc(C(=O)NN)cc2)C1. The average molecular weight is 276 g/mol. The zero-order valence-electron chi connectivity index (χ0n) is 11.6. The first kappa shape index (κ1) is 14.5. The molecule has 0 aliphatic carbocycles. The van der Waals surface area contributed by atoms with E-state index in [0.29, 0.717) is 12.1 Å². The third-order valence-corrected chi connectivity index (χ3v) is 3.90. The van der Waals surface area contributed by atoms with Gasteiger partial charge in [0.05, 0.1) is 5.41 Å². The molecule has 2 rings (SSSR count). The zero-order valence-corrected chi connectivity index (χ0v) is 11.6. The van der Waals surface area contributed by atoms with Crippen LogP contribution in [-0.2, 0) is 11.3 Å². The van der Waals surface area contributed by atoms with Crippen molar-refractivity contribution in [1.29, 1.82) is 0 Å². The van der Waals surface area contributed by atoms with Crippen LogP contribution in [0.2, 0.25) is 0 Å². The van der Waals surface area contributed by atoms with Gasteiger partial charge in [0.1, 0.15) is 0 Å². The molecule has 6 heteroatoms. The molecule has 0 aromatic heterocycles. The van der Waals surface area contributed by atoms with Crippen molar-refractivity contribution in [3.8, 4) is 0 Å². The Labute approximate surface area is 118 Å². The molecule has 1 atom stereocenters. The van der Waals surface area contributed by atoms with Crippen LogP contribution in [0.1, 0.15) is 29.3 Å². The van der Waals surface area contributed by atoms with E-state index in [4.69, 9.17) is 11.6 Å². The fraction of sp³-hybridized carbons (Fsp3) is 0.429. The molecular weight excluding hydrogens is 256 g/mol. The van der Waals surface area contributed by atoms with Crippen LogP contribution in [0.3, 0.4) is 0 Å². The van der Waals surface area contributed by atoms with Gasteiger partial charge >= 0.3 is 0 Å². The summed E-state index contributed by atoms with van der Waals surface area (Å²) in [6.07, 6.45) is 0.788. The molecule has 20 heavy (non-hydrogen) atoms. The lowest BCUT2D eigenvalue weighted by Crippen LogP contribution is -2.36. The Bertz CT molecular complexity index is 514. The fourth-order valence-corrected chi connectivity index (χ4v) is 2.50. The Morgan fingerprint density at radius 2 is 2.00 bits per heavy atom. The lowest BCUT2D eigenvalue weighted by molar-refractivity contribution is -0.126. The van der Waals surface area contributed by atoms with Gasteiger partial charge in [-0.05, 0) is 37.6 Å². The second kappa shape index (κ2) is 5.60. The van der Waals surface area contributed by atoms with Gasteiger partial charge in [-0.15, -0.1) is 0 Å². The topological polar surface area (TPSA) is 101 Å². The number of rotatable bonds is 4. The average Bonchev–Trinajstić information content (AvgIpc) is 2.82. The van der Waals surface area contributed by atoms with Gasteiger partial charge < -0.3 is 5.73 Å². The third-order valence-electron chi connectivity index (χ3n) is 3.90. The molecule has 0 saturated carbocycles. The molecule has 1 aliphatic rings. The largest absolute Gasteiger partial charge is 0.369 e. The number of carbonyl (C=O) groups is 2. The number of nitrogen functional groups attached to an aromatic ring is 1. The van der Waals surface area contributed by atoms with Crippen molar-refractivity contribution in [2.45, 2.75) is 19.9 Å². The first-order valence-corrected chi connectivity index (χ1v) is 6.57. The number of likely N-dealkylation sites (tertiary alicyclic amines) is 1. The summed E-state index contributed by atoms with van der Waals surface area (Å²) in [5.74, 6) is 4.53. The predicted octanol–water partition coefficient (Wildman–Crippen LogP) is -0.0126. The van der Waals surface area contributed by atoms with E-state index in [1.807, 2.05) is 19.1 Å². The zero-order chi connectivity index (χ0) is 14.8. The smallest absolute Gasteiger partial charge is 0.265 e. The number of benzene rings is 1. The number of hydrogen-bond donors (Lipinski definition) is 3. The van der Waals surface area contributed by atoms with Crippen LogP contribution >= 0.6 is 0 Å². The van der Waals surface area contributed by atoms with Crippen LogP contribution in [0.25, 0.3) is 0 Å². The van der Waals surface area contributed by atoms with Gasteiger partial charge in [0.25, 0.3) is 5.91 Å². The van der Waals surface area contributed by atoms with Crippen molar-refractivity contribution in [3.63, 3.8) is 0 Å². The summed E-state index contributed by atoms with van der Waals surface area (Å²) in [6, 6.07) is 7.26. The second-order valence-electron chi connectivity index (χ2n) is 5.56. The Morgan fingerprint density at radius 1 is 1.35 bits per heavy atom. The Hall–Kier alpha value is -1.92. The molecule has 1 saturated heterocycles. The van der Waals surface area contributed by atoms with E-state index in [-0.39, 0.29) is 11.8 Å². The summed E-state index contributed by atoms with van der Waals surface area (Å²) in [7, 11) is 0. The Balaban J connectivity index is 1.98. The minimum atomic E-state index is -0.431. The van der Waals surface area contributed by atoms with Gasteiger partial charge in [0, 0.05) is 18.7 Å². The van der Waals surface area contributed by atoms with E-state index in [1.54, 1.807) is 12.1 Å². The molecule has 108 valence electrons. The number of hydrogen-bond acceptors (Lipinski definition) is 4. The summed E-state index contributed by atoms with van der Waals surface area (Å²) >= 11 is 0. The number of nitrogens with zero attached hydrogens (tertiary/aromatic N) is 1. The second-order valence-corrected chi connectivity index (χ2v) is 5.56. The van der Waals surface area contributed by atoms with Crippen molar-refractivity contribution in [2.24, 2.45) is 17.0 Å². The van der Waals surface area contributed by atoms with Gasteiger partial charge in [-0.2, -0.15) is 0 Å². The minimum Gasteiger partial charge on any atom is -0.369 e.